The van der Waals surface area contributed by atoms with E-state index in [2.05, 4.69) is 10.2 Å². The van der Waals surface area contributed by atoms with Gasteiger partial charge in [-0.05, 0) is 38.1 Å². The van der Waals surface area contributed by atoms with E-state index in [0.717, 1.165) is 11.4 Å². The lowest BCUT2D eigenvalue weighted by Crippen LogP contribution is -2.31. The lowest BCUT2D eigenvalue weighted by atomic mass is 10.1. The molecule has 5 heteroatoms. The Morgan fingerprint density at radius 3 is 2.64 bits per heavy atom. The molecule has 0 aliphatic heterocycles. The van der Waals surface area contributed by atoms with Gasteiger partial charge in [-0.2, -0.15) is 5.10 Å². The molecule has 1 N–H and O–H groups in total. The summed E-state index contributed by atoms with van der Waals surface area (Å²) in [6.45, 7) is 4.36. The smallest absolute Gasteiger partial charge is 0.262 e. The van der Waals surface area contributed by atoms with Crippen LogP contribution in [0.25, 0.3) is 11.5 Å². The number of aromatic nitrogens is 2. The predicted molar refractivity (Wildman–Crippen MR) is 84.8 cm³/mol. The van der Waals surface area contributed by atoms with Crippen molar-refractivity contribution < 1.29 is 9.21 Å². The first-order valence-electron chi connectivity index (χ1n) is 7.18. The highest BCUT2D eigenvalue weighted by atomic mass is 16.3. The molecular formula is C17H17N3O2. The normalized spacial score (nSPS) is 10.6. The van der Waals surface area contributed by atoms with Crippen molar-refractivity contribution in [3.8, 4) is 11.5 Å². The molecular weight excluding hydrogens is 278 g/mol. The molecule has 0 aliphatic carbocycles. The summed E-state index contributed by atoms with van der Waals surface area (Å²) in [5.74, 6) is 0.489. The van der Waals surface area contributed by atoms with Crippen LogP contribution in [0.4, 0.5) is 5.69 Å². The standard InChI is InChI=1S/C17H17N3O2/c1-3-20(13-8-5-4-6-9-13)17(21)15-12(2)18-19-16(15)14-10-7-11-22-14/h4-11H,3H2,1-2H3,(H,18,19). The number of para-hydroxylation sites is 1. The third-order valence-electron chi connectivity index (χ3n) is 3.54. The van der Waals surface area contributed by atoms with E-state index < -0.39 is 0 Å². The van der Waals surface area contributed by atoms with Gasteiger partial charge in [0.2, 0.25) is 0 Å². The summed E-state index contributed by atoms with van der Waals surface area (Å²) in [7, 11) is 0. The Morgan fingerprint density at radius 2 is 2.00 bits per heavy atom. The SMILES string of the molecule is CCN(C(=O)c1c(-c2ccco2)n[nH]c1C)c1ccccc1. The van der Waals surface area contributed by atoms with E-state index in [1.165, 1.54) is 0 Å². The molecule has 0 bridgehead atoms. The number of aromatic amines is 1. The fourth-order valence-electron chi connectivity index (χ4n) is 2.47. The Hall–Kier alpha value is -2.82. The van der Waals surface area contributed by atoms with Gasteiger partial charge in [0.1, 0.15) is 5.69 Å². The molecule has 0 spiro atoms. The second-order valence-corrected chi connectivity index (χ2v) is 4.93. The molecule has 0 radical (unpaired) electrons. The highest BCUT2D eigenvalue weighted by Crippen LogP contribution is 2.27. The zero-order valence-corrected chi connectivity index (χ0v) is 12.5. The number of aryl methyl sites for hydroxylation is 1. The van der Waals surface area contributed by atoms with Crippen LogP contribution < -0.4 is 4.90 Å². The molecule has 3 aromatic rings. The first-order chi connectivity index (χ1) is 10.7. The van der Waals surface area contributed by atoms with Crippen molar-refractivity contribution in [2.45, 2.75) is 13.8 Å². The van der Waals surface area contributed by atoms with Crippen LogP contribution in [-0.4, -0.2) is 22.6 Å². The molecule has 1 aromatic carbocycles. The summed E-state index contributed by atoms with van der Waals surface area (Å²) < 4.78 is 5.39. The van der Waals surface area contributed by atoms with E-state index in [0.29, 0.717) is 23.6 Å². The first kappa shape index (κ1) is 14.1. The van der Waals surface area contributed by atoms with Crippen LogP contribution >= 0.6 is 0 Å². The molecule has 0 atom stereocenters. The largest absolute Gasteiger partial charge is 0.463 e. The summed E-state index contributed by atoms with van der Waals surface area (Å²) in [6, 6.07) is 13.2. The maximum absolute atomic E-state index is 13.0. The van der Waals surface area contributed by atoms with Crippen molar-refractivity contribution >= 4 is 11.6 Å². The highest BCUT2D eigenvalue weighted by Gasteiger charge is 2.25. The average Bonchev–Trinajstić information content (AvgIpc) is 3.18. The number of amides is 1. The second kappa shape index (κ2) is 5.89. The molecule has 0 saturated heterocycles. The summed E-state index contributed by atoms with van der Waals surface area (Å²) in [5.41, 5.74) is 2.68. The van der Waals surface area contributed by atoms with E-state index >= 15 is 0 Å². The molecule has 0 fully saturated rings. The predicted octanol–water partition coefficient (Wildman–Crippen LogP) is 3.64. The number of furan rings is 1. The lowest BCUT2D eigenvalue weighted by molar-refractivity contribution is 0.0988. The lowest BCUT2D eigenvalue weighted by Gasteiger charge is -2.21. The van der Waals surface area contributed by atoms with Crippen LogP contribution in [-0.2, 0) is 0 Å². The van der Waals surface area contributed by atoms with Gasteiger partial charge in [-0.25, -0.2) is 0 Å². The van der Waals surface area contributed by atoms with Gasteiger partial charge in [-0.3, -0.25) is 9.89 Å². The Bertz CT molecular complexity index is 761. The van der Waals surface area contributed by atoms with Crippen LogP contribution in [0.1, 0.15) is 23.0 Å². The number of nitrogens with one attached hydrogen (secondary N) is 1. The third-order valence-corrected chi connectivity index (χ3v) is 3.54. The topological polar surface area (TPSA) is 62.1 Å². The second-order valence-electron chi connectivity index (χ2n) is 4.93. The van der Waals surface area contributed by atoms with Crippen molar-refractivity contribution in [1.82, 2.24) is 10.2 Å². The van der Waals surface area contributed by atoms with Gasteiger partial charge in [0.05, 0.1) is 11.8 Å². The molecule has 2 heterocycles. The van der Waals surface area contributed by atoms with E-state index in [9.17, 15) is 4.79 Å². The first-order valence-corrected chi connectivity index (χ1v) is 7.18. The summed E-state index contributed by atoms with van der Waals surface area (Å²) in [5, 5.41) is 7.10. The average molecular weight is 295 g/mol. The van der Waals surface area contributed by atoms with Crippen LogP contribution in [0, 0.1) is 6.92 Å². The van der Waals surface area contributed by atoms with Gasteiger partial charge in [0.15, 0.2) is 5.76 Å². The van der Waals surface area contributed by atoms with Crippen LogP contribution in [0.15, 0.2) is 53.1 Å². The van der Waals surface area contributed by atoms with Gasteiger partial charge < -0.3 is 9.32 Å². The third kappa shape index (κ3) is 2.41. The number of anilines is 1. The number of carbonyl (C=O) groups excluding carboxylic acids is 1. The molecule has 112 valence electrons. The maximum Gasteiger partial charge on any atom is 0.262 e. The minimum absolute atomic E-state index is 0.0913. The van der Waals surface area contributed by atoms with E-state index in [1.807, 2.05) is 44.2 Å². The summed E-state index contributed by atoms with van der Waals surface area (Å²) in [6.07, 6.45) is 1.57. The Labute approximate surface area is 128 Å². The summed E-state index contributed by atoms with van der Waals surface area (Å²) >= 11 is 0. The molecule has 1 amide bonds. The minimum Gasteiger partial charge on any atom is -0.463 e. The summed E-state index contributed by atoms with van der Waals surface area (Å²) in [4.78, 5) is 14.7. The van der Waals surface area contributed by atoms with Crippen molar-refractivity contribution in [2.75, 3.05) is 11.4 Å². The van der Waals surface area contributed by atoms with E-state index in [1.54, 1.807) is 23.3 Å². The zero-order valence-electron chi connectivity index (χ0n) is 12.5. The van der Waals surface area contributed by atoms with Gasteiger partial charge in [-0.15, -0.1) is 0 Å². The molecule has 0 aliphatic rings. The quantitative estimate of drug-likeness (QED) is 0.799. The fraction of sp³-hybridized carbons (Fsp3) is 0.176. The van der Waals surface area contributed by atoms with E-state index in [-0.39, 0.29) is 5.91 Å². The Kier molecular flexibility index (Phi) is 3.78. The zero-order chi connectivity index (χ0) is 15.5. The number of rotatable bonds is 4. The monoisotopic (exact) mass is 295 g/mol. The molecule has 3 rings (SSSR count). The van der Waals surface area contributed by atoms with Gasteiger partial charge in [0.25, 0.3) is 5.91 Å². The number of carbonyl (C=O) groups is 1. The number of hydrogen-bond acceptors (Lipinski definition) is 3. The van der Waals surface area contributed by atoms with Gasteiger partial charge in [-0.1, -0.05) is 18.2 Å². The fourth-order valence-corrected chi connectivity index (χ4v) is 2.47. The van der Waals surface area contributed by atoms with Crippen molar-refractivity contribution in [3.05, 3.63) is 60.0 Å². The van der Waals surface area contributed by atoms with Crippen LogP contribution in [0.5, 0.6) is 0 Å². The van der Waals surface area contributed by atoms with Crippen molar-refractivity contribution in [1.29, 1.82) is 0 Å². The van der Waals surface area contributed by atoms with Crippen LogP contribution in [0.2, 0.25) is 0 Å². The Balaban J connectivity index is 2.04. The number of hydrogen-bond donors (Lipinski definition) is 1. The number of nitrogens with zero attached hydrogens (tertiary/aromatic N) is 2. The van der Waals surface area contributed by atoms with Crippen molar-refractivity contribution in [3.63, 3.8) is 0 Å². The van der Waals surface area contributed by atoms with Gasteiger partial charge >= 0.3 is 0 Å². The minimum atomic E-state index is -0.0913. The van der Waals surface area contributed by atoms with Crippen molar-refractivity contribution in [2.24, 2.45) is 0 Å². The molecule has 0 unspecified atom stereocenters. The Morgan fingerprint density at radius 1 is 1.23 bits per heavy atom. The number of benzene rings is 1. The highest BCUT2D eigenvalue weighted by molar-refractivity contribution is 6.10. The number of H-pyrrole nitrogens is 1. The molecule has 2 aromatic heterocycles. The molecule has 22 heavy (non-hydrogen) atoms. The van der Waals surface area contributed by atoms with Gasteiger partial charge in [0, 0.05) is 17.9 Å². The molecule has 0 saturated carbocycles. The molecule has 5 nitrogen and oxygen atoms in total. The van der Waals surface area contributed by atoms with E-state index in [4.69, 9.17) is 4.42 Å². The maximum atomic E-state index is 13.0. The van der Waals surface area contributed by atoms with Crippen LogP contribution in [0.3, 0.4) is 0 Å².